The SMILES string of the molecule is CC.CC.Cc1ccc(C#N)c2ncccc12. The molecule has 0 amide bonds. The molecule has 2 nitrogen and oxygen atoms in total. The van der Waals surface area contributed by atoms with E-state index in [0.29, 0.717) is 5.56 Å². The molecule has 0 radical (unpaired) electrons. The van der Waals surface area contributed by atoms with E-state index in [0.717, 1.165) is 16.5 Å². The second-order valence-corrected chi connectivity index (χ2v) is 2.94. The summed E-state index contributed by atoms with van der Waals surface area (Å²) in [7, 11) is 0. The van der Waals surface area contributed by atoms with Crippen LogP contribution in [-0.4, -0.2) is 4.98 Å². The molecule has 90 valence electrons. The third-order valence-electron chi connectivity index (χ3n) is 2.11. The highest BCUT2D eigenvalue weighted by atomic mass is 14.6. The highest BCUT2D eigenvalue weighted by Gasteiger charge is 2.02. The minimum Gasteiger partial charge on any atom is -0.255 e. The van der Waals surface area contributed by atoms with E-state index >= 15 is 0 Å². The summed E-state index contributed by atoms with van der Waals surface area (Å²) >= 11 is 0. The molecule has 1 aromatic heterocycles. The lowest BCUT2D eigenvalue weighted by Crippen LogP contribution is -1.85. The Morgan fingerprint density at radius 3 is 2.29 bits per heavy atom. The van der Waals surface area contributed by atoms with Gasteiger partial charge in [-0.2, -0.15) is 5.26 Å². The van der Waals surface area contributed by atoms with E-state index in [1.165, 1.54) is 0 Å². The van der Waals surface area contributed by atoms with Crippen molar-refractivity contribution in [2.75, 3.05) is 0 Å². The highest BCUT2D eigenvalue weighted by Crippen LogP contribution is 2.18. The van der Waals surface area contributed by atoms with Crippen molar-refractivity contribution >= 4 is 10.9 Å². The second kappa shape index (κ2) is 8.29. The molecule has 17 heavy (non-hydrogen) atoms. The zero-order valence-electron chi connectivity index (χ0n) is 11.3. The Hall–Kier alpha value is -1.88. The first-order chi connectivity index (χ1) is 8.33. The molecule has 0 unspecified atom stereocenters. The second-order valence-electron chi connectivity index (χ2n) is 2.94. The van der Waals surface area contributed by atoms with Crippen LogP contribution in [-0.2, 0) is 0 Å². The molecule has 2 heteroatoms. The molecule has 0 aliphatic heterocycles. The van der Waals surface area contributed by atoms with Gasteiger partial charge in [-0.25, -0.2) is 0 Å². The van der Waals surface area contributed by atoms with Crippen molar-refractivity contribution in [1.82, 2.24) is 4.98 Å². The van der Waals surface area contributed by atoms with Crippen molar-refractivity contribution in [1.29, 1.82) is 5.26 Å². The van der Waals surface area contributed by atoms with Gasteiger partial charge in [-0.1, -0.05) is 39.8 Å². The smallest absolute Gasteiger partial charge is 0.101 e. The summed E-state index contributed by atoms with van der Waals surface area (Å²) in [5.74, 6) is 0. The average Bonchev–Trinajstić information content (AvgIpc) is 2.44. The minimum atomic E-state index is 0.640. The number of nitrogens with zero attached hydrogens (tertiary/aromatic N) is 2. The van der Waals surface area contributed by atoms with Crippen molar-refractivity contribution in [3.63, 3.8) is 0 Å². The summed E-state index contributed by atoms with van der Waals surface area (Å²) < 4.78 is 0. The number of pyridine rings is 1. The third kappa shape index (κ3) is 3.57. The predicted molar refractivity (Wildman–Crippen MR) is 73.9 cm³/mol. The first kappa shape index (κ1) is 15.1. The monoisotopic (exact) mass is 228 g/mol. The van der Waals surface area contributed by atoms with Crippen LogP contribution in [0.15, 0.2) is 30.5 Å². The molecule has 0 aliphatic carbocycles. The summed E-state index contributed by atoms with van der Waals surface area (Å²) in [5, 5.41) is 9.89. The number of benzene rings is 1. The number of rotatable bonds is 0. The van der Waals surface area contributed by atoms with E-state index in [4.69, 9.17) is 5.26 Å². The van der Waals surface area contributed by atoms with E-state index in [-0.39, 0.29) is 0 Å². The number of hydrogen-bond donors (Lipinski definition) is 0. The normalized spacial score (nSPS) is 8.24. The third-order valence-corrected chi connectivity index (χ3v) is 2.11. The van der Waals surface area contributed by atoms with E-state index in [9.17, 15) is 0 Å². The topological polar surface area (TPSA) is 36.7 Å². The summed E-state index contributed by atoms with van der Waals surface area (Å²) in [5.41, 5.74) is 2.59. The molecular weight excluding hydrogens is 208 g/mol. The molecule has 0 aliphatic rings. The molecule has 1 heterocycles. The van der Waals surface area contributed by atoms with Gasteiger partial charge < -0.3 is 0 Å². The fourth-order valence-electron chi connectivity index (χ4n) is 1.41. The van der Waals surface area contributed by atoms with Gasteiger partial charge in [-0.3, -0.25) is 4.98 Å². The van der Waals surface area contributed by atoms with Crippen molar-refractivity contribution in [3.8, 4) is 6.07 Å². The first-order valence-electron chi connectivity index (χ1n) is 6.07. The largest absolute Gasteiger partial charge is 0.255 e. The van der Waals surface area contributed by atoms with Crippen LogP contribution in [0.3, 0.4) is 0 Å². The number of nitriles is 1. The molecule has 0 fully saturated rings. The summed E-state index contributed by atoms with van der Waals surface area (Å²) in [6.07, 6.45) is 1.71. The van der Waals surface area contributed by atoms with Gasteiger partial charge in [0.1, 0.15) is 6.07 Å². The van der Waals surface area contributed by atoms with Crippen LogP contribution in [0.2, 0.25) is 0 Å². The number of fused-ring (bicyclic) bond motifs is 1. The Labute approximate surface area is 104 Å². The molecule has 0 saturated heterocycles. The molecule has 0 atom stereocenters. The lowest BCUT2D eigenvalue weighted by molar-refractivity contribution is 1.37. The van der Waals surface area contributed by atoms with E-state index < -0.39 is 0 Å². The molecule has 0 saturated carbocycles. The molecule has 1 aromatic carbocycles. The fourth-order valence-corrected chi connectivity index (χ4v) is 1.41. The Balaban J connectivity index is 0.000000581. The van der Waals surface area contributed by atoms with Gasteiger partial charge >= 0.3 is 0 Å². The summed E-state index contributed by atoms with van der Waals surface area (Å²) in [6, 6.07) is 9.76. The van der Waals surface area contributed by atoms with Gasteiger partial charge in [0.05, 0.1) is 11.1 Å². The maximum Gasteiger partial charge on any atom is 0.101 e. The van der Waals surface area contributed by atoms with Gasteiger partial charge in [0, 0.05) is 11.6 Å². The van der Waals surface area contributed by atoms with Crippen molar-refractivity contribution in [2.45, 2.75) is 34.6 Å². The van der Waals surface area contributed by atoms with E-state index in [2.05, 4.69) is 11.1 Å². The quantitative estimate of drug-likeness (QED) is 0.667. The molecule has 0 bridgehead atoms. The average molecular weight is 228 g/mol. The molecule has 0 N–H and O–H groups in total. The van der Waals surface area contributed by atoms with Crippen LogP contribution in [0, 0.1) is 18.3 Å². The van der Waals surface area contributed by atoms with Gasteiger partial charge in [-0.05, 0) is 24.6 Å². The Morgan fingerprint density at radius 2 is 1.71 bits per heavy atom. The van der Waals surface area contributed by atoms with Crippen molar-refractivity contribution < 1.29 is 0 Å². The van der Waals surface area contributed by atoms with Crippen LogP contribution >= 0.6 is 0 Å². The lowest BCUT2D eigenvalue weighted by atomic mass is 10.1. The highest BCUT2D eigenvalue weighted by molar-refractivity contribution is 5.86. The maximum atomic E-state index is 8.84. The minimum absolute atomic E-state index is 0.640. The molecular formula is C15H20N2. The maximum absolute atomic E-state index is 8.84. The van der Waals surface area contributed by atoms with Crippen LogP contribution in [0.5, 0.6) is 0 Å². The van der Waals surface area contributed by atoms with Crippen molar-refractivity contribution in [3.05, 3.63) is 41.6 Å². The van der Waals surface area contributed by atoms with Crippen LogP contribution in [0.1, 0.15) is 38.8 Å². The standard InChI is InChI=1S/C11H8N2.2C2H6/c1-8-4-5-9(7-12)11-10(8)3-2-6-13-11;2*1-2/h2-6H,1H3;2*1-2H3. The molecule has 2 aromatic rings. The van der Waals surface area contributed by atoms with E-state index in [1.807, 2.05) is 58.9 Å². The van der Waals surface area contributed by atoms with Gasteiger partial charge in [0.25, 0.3) is 0 Å². The zero-order valence-corrected chi connectivity index (χ0v) is 11.3. The van der Waals surface area contributed by atoms with Crippen LogP contribution in [0.25, 0.3) is 10.9 Å². The summed E-state index contributed by atoms with van der Waals surface area (Å²) in [6.45, 7) is 10.0. The summed E-state index contributed by atoms with van der Waals surface area (Å²) in [4.78, 5) is 4.19. The molecule has 0 spiro atoms. The van der Waals surface area contributed by atoms with Gasteiger partial charge in [0.15, 0.2) is 0 Å². The Bertz CT molecular complexity index is 496. The fraction of sp³-hybridized carbons (Fsp3) is 0.333. The van der Waals surface area contributed by atoms with Gasteiger partial charge in [0.2, 0.25) is 0 Å². The number of aromatic nitrogens is 1. The lowest BCUT2D eigenvalue weighted by Gasteiger charge is -2.01. The zero-order chi connectivity index (χ0) is 13.3. The first-order valence-corrected chi connectivity index (χ1v) is 6.07. The van der Waals surface area contributed by atoms with Crippen molar-refractivity contribution in [2.24, 2.45) is 0 Å². The number of aryl methyl sites for hydroxylation is 1. The van der Waals surface area contributed by atoms with E-state index in [1.54, 1.807) is 6.20 Å². The van der Waals surface area contributed by atoms with Crippen LogP contribution < -0.4 is 0 Å². The Morgan fingerprint density at radius 1 is 1.06 bits per heavy atom. The Kier molecular flexibility index (Phi) is 7.38. The van der Waals surface area contributed by atoms with Gasteiger partial charge in [-0.15, -0.1) is 0 Å². The van der Waals surface area contributed by atoms with Crippen LogP contribution in [0.4, 0.5) is 0 Å². The molecule has 2 rings (SSSR count). The predicted octanol–water partition coefficient (Wildman–Crippen LogP) is 4.47. The number of hydrogen-bond acceptors (Lipinski definition) is 2.